The number of pyridine rings is 1. The molecule has 1 aromatic rings. The summed E-state index contributed by atoms with van der Waals surface area (Å²) in [7, 11) is 1.61. The normalized spacial score (nSPS) is 12.2. The third kappa shape index (κ3) is 4.14. The summed E-state index contributed by atoms with van der Waals surface area (Å²) in [4.78, 5) is 16.9. The summed E-state index contributed by atoms with van der Waals surface area (Å²) in [5.41, 5.74) is 0.00535. The Kier molecular flexibility index (Phi) is 6.17. The highest BCUT2D eigenvalue weighted by atomic mass is 79.9. The van der Waals surface area contributed by atoms with E-state index in [1.807, 2.05) is 18.7 Å². The van der Waals surface area contributed by atoms with E-state index in [1.165, 1.54) is 6.07 Å². The van der Waals surface area contributed by atoms with Gasteiger partial charge in [-0.1, -0.05) is 6.92 Å². The van der Waals surface area contributed by atoms with E-state index in [9.17, 15) is 10.1 Å². The van der Waals surface area contributed by atoms with Crippen LogP contribution >= 0.6 is 15.9 Å². The minimum atomic E-state index is -0.407. The van der Waals surface area contributed by atoms with Gasteiger partial charge in [0, 0.05) is 36.4 Å². The maximum Gasteiger partial charge on any atom is 0.312 e. The fourth-order valence-corrected chi connectivity index (χ4v) is 2.04. The number of rotatable bonds is 7. The molecule has 1 atom stereocenters. The monoisotopic (exact) mass is 331 g/mol. The first-order valence-corrected chi connectivity index (χ1v) is 6.86. The minimum Gasteiger partial charge on any atom is -0.383 e. The molecule has 1 aromatic heterocycles. The molecule has 0 aliphatic heterocycles. The Morgan fingerprint density at radius 3 is 2.84 bits per heavy atom. The van der Waals surface area contributed by atoms with Crippen molar-refractivity contribution >= 4 is 27.4 Å². The van der Waals surface area contributed by atoms with E-state index in [1.54, 1.807) is 13.3 Å². The van der Waals surface area contributed by atoms with E-state index in [-0.39, 0.29) is 11.7 Å². The van der Waals surface area contributed by atoms with Crippen LogP contribution in [0.2, 0.25) is 0 Å². The zero-order valence-corrected chi connectivity index (χ0v) is 12.9. The van der Waals surface area contributed by atoms with Gasteiger partial charge in [-0.2, -0.15) is 0 Å². The van der Waals surface area contributed by atoms with Crippen molar-refractivity contribution in [3.05, 3.63) is 26.9 Å². The first-order valence-electron chi connectivity index (χ1n) is 6.06. The second-order valence-corrected chi connectivity index (χ2v) is 5.11. The highest BCUT2D eigenvalue weighted by molar-refractivity contribution is 9.10. The van der Waals surface area contributed by atoms with Crippen LogP contribution in [0.5, 0.6) is 0 Å². The van der Waals surface area contributed by atoms with Crippen molar-refractivity contribution in [1.82, 2.24) is 4.98 Å². The van der Waals surface area contributed by atoms with Gasteiger partial charge in [-0.15, -0.1) is 0 Å². The van der Waals surface area contributed by atoms with Gasteiger partial charge in [0.2, 0.25) is 5.82 Å². The average molecular weight is 332 g/mol. The summed E-state index contributed by atoms with van der Waals surface area (Å²) in [6.07, 6.45) is 2.45. The zero-order valence-electron chi connectivity index (χ0n) is 11.3. The van der Waals surface area contributed by atoms with Gasteiger partial charge in [-0.05, 0) is 29.3 Å². The first kappa shape index (κ1) is 15.8. The lowest BCUT2D eigenvalue weighted by Crippen LogP contribution is -2.36. The number of nitro groups is 1. The van der Waals surface area contributed by atoms with Crippen molar-refractivity contribution < 1.29 is 9.66 Å². The lowest BCUT2D eigenvalue weighted by molar-refractivity contribution is -0.384. The summed E-state index contributed by atoms with van der Waals surface area (Å²) in [6.45, 7) is 5.12. The van der Waals surface area contributed by atoms with E-state index in [0.29, 0.717) is 23.4 Å². The molecule has 0 fully saturated rings. The number of methoxy groups -OCH3 is 1. The lowest BCUT2D eigenvalue weighted by atomic mass is 10.2. The van der Waals surface area contributed by atoms with Crippen molar-refractivity contribution in [2.75, 3.05) is 25.2 Å². The molecule has 0 saturated heterocycles. The van der Waals surface area contributed by atoms with Crippen LogP contribution in [0.1, 0.15) is 20.3 Å². The van der Waals surface area contributed by atoms with Crippen LogP contribution in [0.15, 0.2) is 16.7 Å². The van der Waals surface area contributed by atoms with Crippen LogP contribution in [-0.4, -0.2) is 36.2 Å². The standard InChI is InChI=1S/C12H18BrN3O3/c1-4-9(2)15(5-6-19-3)12-11(16(17)18)7-10(13)8-14-12/h7-9H,4-6H2,1-3H3. The largest absolute Gasteiger partial charge is 0.383 e. The van der Waals surface area contributed by atoms with Crippen molar-refractivity contribution in [3.63, 3.8) is 0 Å². The Hall–Kier alpha value is -1.21. The molecule has 0 saturated carbocycles. The molecule has 106 valence electrons. The van der Waals surface area contributed by atoms with E-state index >= 15 is 0 Å². The number of ether oxygens (including phenoxy) is 1. The third-order valence-electron chi connectivity index (χ3n) is 2.94. The minimum absolute atomic E-state index is 0.00535. The van der Waals surface area contributed by atoms with E-state index in [0.717, 1.165) is 6.42 Å². The number of hydrogen-bond acceptors (Lipinski definition) is 5. The fraction of sp³-hybridized carbons (Fsp3) is 0.583. The van der Waals surface area contributed by atoms with Gasteiger partial charge in [0.05, 0.1) is 11.5 Å². The van der Waals surface area contributed by atoms with Crippen molar-refractivity contribution in [3.8, 4) is 0 Å². The number of halogens is 1. The molecule has 0 bridgehead atoms. The number of aromatic nitrogens is 1. The Morgan fingerprint density at radius 1 is 1.63 bits per heavy atom. The van der Waals surface area contributed by atoms with Crippen molar-refractivity contribution in [2.24, 2.45) is 0 Å². The Labute approximate surface area is 121 Å². The predicted molar refractivity (Wildman–Crippen MR) is 77.6 cm³/mol. The zero-order chi connectivity index (χ0) is 14.4. The van der Waals surface area contributed by atoms with Gasteiger partial charge < -0.3 is 9.64 Å². The molecule has 0 aliphatic carbocycles. The molecule has 0 radical (unpaired) electrons. The van der Waals surface area contributed by atoms with Crippen LogP contribution in [0.3, 0.4) is 0 Å². The molecule has 0 aromatic carbocycles. The van der Waals surface area contributed by atoms with Gasteiger partial charge in [0.1, 0.15) is 0 Å². The second-order valence-electron chi connectivity index (χ2n) is 4.20. The highest BCUT2D eigenvalue weighted by Crippen LogP contribution is 2.30. The summed E-state index contributed by atoms with van der Waals surface area (Å²) in [5.74, 6) is 0.389. The summed E-state index contributed by atoms with van der Waals surface area (Å²) in [6, 6.07) is 1.63. The molecule has 0 amide bonds. The Bertz CT molecular complexity index is 442. The molecule has 1 rings (SSSR count). The molecule has 7 heteroatoms. The van der Waals surface area contributed by atoms with Gasteiger partial charge in [0.15, 0.2) is 0 Å². The maximum atomic E-state index is 11.1. The van der Waals surface area contributed by atoms with Crippen molar-refractivity contribution in [2.45, 2.75) is 26.3 Å². The number of hydrogen-bond donors (Lipinski definition) is 0. The Morgan fingerprint density at radius 2 is 2.32 bits per heavy atom. The molecule has 6 nitrogen and oxygen atoms in total. The predicted octanol–water partition coefficient (Wildman–Crippen LogP) is 3.00. The molecule has 19 heavy (non-hydrogen) atoms. The number of nitrogens with zero attached hydrogens (tertiary/aromatic N) is 3. The second kappa shape index (κ2) is 7.40. The summed E-state index contributed by atoms with van der Waals surface area (Å²) < 4.78 is 5.66. The first-order chi connectivity index (χ1) is 9.01. The summed E-state index contributed by atoms with van der Waals surface area (Å²) in [5, 5.41) is 11.1. The molecule has 1 heterocycles. The molecule has 0 N–H and O–H groups in total. The SMILES string of the molecule is CCC(C)N(CCOC)c1ncc(Br)cc1[N+](=O)[O-]. The fourth-order valence-electron chi connectivity index (χ4n) is 1.72. The van der Waals surface area contributed by atoms with Gasteiger partial charge >= 0.3 is 5.69 Å². The van der Waals surface area contributed by atoms with E-state index < -0.39 is 4.92 Å². The topological polar surface area (TPSA) is 68.5 Å². The average Bonchev–Trinajstić information content (AvgIpc) is 2.39. The Balaban J connectivity index is 3.17. The maximum absolute atomic E-state index is 11.1. The van der Waals surface area contributed by atoms with Crippen LogP contribution < -0.4 is 4.90 Å². The third-order valence-corrected chi connectivity index (χ3v) is 3.38. The molecule has 1 unspecified atom stereocenters. The van der Waals surface area contributed by atoms with Crippen LogP contribution in [0, 0.1) is 10.1 Å². The van der Waals surface area contributed by atoms with E-state index in [4.69, 9.17) is 4.74 Å². The molecular weight excluding hydrogens is 314 g/mol. The van der Waals surface area contributed by atoms with Crippen molar-refractivity contribution in [1.29, 1.82) is 0 Å². The molecular formula is C12H18BrN3O3. The number of anilines is 1. The quantitative estimate of drug-likeness (QED) is 0.567. The van der Waals surface area contributed by atoms with Gasteiger partial charge in [-0.25, -0.2) is 4.98 Å². The molecule has 0 spiro atoms. The van der Waals surface area contributed by atoms with Crippen LogP contribution in [-0.2, 0) is 4.74 Å². The summed E-state index contributed by atoms with van der Waals surface area (Å²) >= 11 is 3.21. The lowest BCUT2D eigenvalue weighted by Gasteiger charge is -2.29. The van der Waals surface area contributed by atoms with E-state index in [2.05, 4.69) is 20.9 Å². The van der Waals surface area contributed by atoms with Crippen LogP contribution in [0.25, 0.3) is 0 Å². The van der Waals surface area contributed by atoms with Crippen LogP contribution in [0.4, 0.5) is 11.5 Å². The van der Waals surface area contributed by atoms with Gasteiger partial charge in [0.25, 0.3) is 0 Å². The molecule has 0 aliphatic rings. The highest BCUT2D eigenvalue weighted by Gasteiger charge is 2.24. The smallest absolute Gasteiger partial charge is 0.312 e. The van der Waals surface area contributed by atoms with Gasteiger partial charge in [-0.3, -0.25) is 10.1 Å².